The van der Waals surface area contributed by atoms with Crippen molar-refractivity contribution in [2.75, 3.05) is 5.88 Å². The number of aromatic nitrogens is 1. The summed E-state index contributed by atoms with van der Waals surface area (Å²) in [5.41, 5.74) is 0. The minimum absolute atomic E-state index is 0.615. The SMILES string of the molecule is ClCCCc1cnc(Cl)s1. The van der Waals surface area contributed by atoms with Crippen LogP contribution in [0.2, 0.25) is 4.47 Å². The molecular weight excluding hydrogens is 189 g/mol. The Morgan fingerprint density at radius 2 is 2.40 bits per heavy atom. The van der Waals surface area contributed by atoms with Gasteiger partial charge in [-0.3, -0.25) is 0 Å². The van der Waals surface area contributed by atoms with Gasteiger partial charge in [0.1, 0.15) is 0 Å². The summed E-state index contributed by atoms with van der Waals surface area (Å²) in [6.45, 7) is 0. The van der Waals surface area contributed by atoms with Gasteiger partial charge in [-0.2, -0.15) is 0 Å². The van der Waals surface area contributed by atoms with E-state index in [0.717, 1.165) is 12.8 Å². The molecule has 0 aliphatic carbocycles. The lowest BCUT2D eigenvalue weighted by Gasteiger charge is -1.88. The van der Waals surface area contributed by atoms with Gasteiger partial charge in [-0.05, 0) is 12.8 Å². The lowest BCUT2D eigenvalue weighted by Crippen LogP contribution is -1.79. The van der Waals surface area contributed by atoms with Crippen LogP contribution < -0.4 is 0 Å². The van der Waals surface area contributed by atoms with Gasteiger partial charge < -0.3 is 0 Å². The van der Waals surface area contributed by atoms with Crippen LogP contribution in [-0.2, 0) is 6.42 Å². The third kappa shape index (κ3) is 2.45. The Labute approximate surface area is 74.0 Å². The Bertz CT molecular complexity index is 199. The van der Waals surface area contributed by atoms with Gasteiger partial charge in [0.15, 0.2) is 4.47 Å². The van der Waals surface area contributed by atoms with E-state index >= 15 is 0 Å². The maximum absolute atomic E-state index is 5.61. The van der Waals surface area contributed by atoms with Crippen molar-refractivity contribution in [2.45, 2.75) is 12.8 Å². The standard InChI is InChI=1S/C6H7Cl2NS/c7-3-1-2-5-4-9-6(8)10-5/h4H,1-3H2. The van der Waals surface area contributed by atoms with Crippen LogP contribution in [0.4, 0.5) is 0 Å². The van der Waals surface area contributed by atoms with Crippen molar-refractivity contribution in [1.29, 1.82) is 0 Å². The number of nitrogens with zero attached hydrogens (tertiary/aromatic N) is 1. The molecule has 0 bridgehead atoms. The molecule has 0 spiro atoms. The van der Waals surface area contributed by atoms with Gasteiger partial charge in [0.25, 0.3) is 0 Å². The van der Waals surface area contributed by atoms with E-state index in [2.05, 4.69) is 4.98 Å². The van der Waals surface area contributed by atoms with Gasteiger partial charge >= 0.3 is 0 Å². The summed E-state index contributed by atoms with van der Waals surface area (Å²) in [6, 6.07) is 0. The first-order valence-electron chi connectivity index (χ1n) is 2.99. The van der Waals surface area contributed by atoms with Crippen LogP contribution in [0.5, 0.6) is 0 Å². The molecule has 0 aliphatic heterocycles. The van der Waals surface area contributed by atoms with Gasteiger partial charge in [-0.25, -0.2) is 4.98 Å². The number of hydrogen-bond acceptors (Lipinski definition) is 2. The van der Waals surface area contributed by atoms with Gasteiger partial charge in [0.05, 0.1) is 0 Å². The summed E-state index contributed by atoms with van der Waals surface area (Å²) in [4.78, 5) is 5.12. The highest BCUT2D eigenvalue weighted by atomic mass is 35.5. The molecule has 0 fully saturated rings. The minimum Gasteiger partial charge on any atom is -0.233 e. The molecule has 4 heteroatoms. The number of alkyl halides is 1. The monoisotopic (exact) mass is 195 g/mol. The maximum Gasteiger partial charge on any atom is 0.183 e. The molecule has 0 aromatic carbocycles. The normalized spacial score (nSPS) is 10.2. The highest BCUT2D eigenvalue weighted by molar-refractivity contribution is 7.15. The fourth-order valence-corrected chi connectivity index (χ4v) is 1.79. The van der Waals surface area contributed by atoms with Crippen molar-refractivity contribution < 1.29 is 0 Å². The molecule has 10 heavy (non-hydrogen) atoms. The molecule has 1 aromatic rings. The summed E-state index contributed by atoms with van der Waals surface area (Å²) in [5.74, 6) is 0.704. The minimum atomic E-state index is 0.615. The molecule has 0 radical (unpaired) electrons. The second-order valence-corrected chi connectivity index (χ2v) is 3.95. The van der Waals surface area contributed by atoms with Gasteiger partial charge in [-0.15, -0.1) is 22.9 Å². The maximum atomic E-state index is 5.61. The first-order valence-corrected chi connectivity index (χ1v) is 4.72. The molecule has 56 valence electrons. The van der Waals surface area contributed by atoms with Crippen LogP contribution in [-0.4, -0.2) is 10.9 Å². The van der Waals surface area contributed by atoms with Crippen molar-refractivity contribution in [3.63, 3.8) is 0 Å². The van der Waals surface area contributed by atoms with Crippen LogP contribution in [0, 0.1) is 0 Å². The molecule has 0 amide bonds. The molecule has 0 atom stereocenters. The zero-order chi connectivity index (χ0) is 7.40. The number of thiazole rings is 1. The lowest BCUT2D eigenvalue weighted by atomic mass is 10.3. The van der Waals surface area contributed by atoms with Crippen LogP contribution in [0.3, 0.4) is 0 Å². The highest BCUT2D eigenvalue weighted by Gasteiger charge is 1.97. The average molecular weight is 196 g/mol. The molecule has 0 saturated heterocycles. The molecule has 1 heterocycles. The first kappa shape index (κ1) is 8.31. The molecule has 0 unspecified atom stereocenters. The fraction of sp³-hybridized carbons (Fsp3) is 0.500. The van der Waals surface area contributed by atoms with E-state index < -0.39 is 0 Å². The van der Waals surface area contributed by atoms with E-state index in [1.54, 1.807) is 6.20 Å². The number of aryl methyl sites for hydroxylation is 1. The van der Waals surface area contributed by atoms with Crippen molar-refractivity contribution in [3.05, 3.63) is 15.5 Å². The summed E-state index contributed by atoms with van der Waals surface area (Å²) in [6.07, 6.45) is 3.80. The molecule has 0 N–H and O–H groups in total. The molecule has 0 saturated carbocycles. The predicted octanol–water partition coefficient (Wildman–Crippen LogP) is 2.97. The Kier molecular flexibility index (Phi) is 3.46. The quantitative estimate of drug-likeness (QED) is 0.677. The van der Waals surface area contributed by atoms with Crippen LogP contribution in [0.15, 0.2) is 6.20 Å². The number of rotatable bonds is 3. The van der Waals surface area contributed by atoms with Crippen molar-refractivity contribution in [3.8, 4) is 0 Å². The molecule has 1 nitrogen and oxygen atoms in total. The van der Waals surface area contributed by atoms with E-state index in [9.17, 15) is 0 Å². The van der Waals surface area contributed by atoms with E-state index in [-0.39, 0.29) is 0 Å². The van der Waals surface area contributed by atoms with E-state index in [0.29, 0.717) is 10.3 Å². The molecular formula is C6H7Cl2NS. The number of hydrogen-bond donors (Lipinski definition) is 0. The van der Waals surface area contributed by atoms with Gasteiger partial charge in [0, 0.05) is 17.0 Å². The van der Waals surface area contributed by atoms with Crippen LogP contribution in [0.25, 0.3) is 0 Å². The highest BCUT2D eigenvalue weighted by Crippen LogP contribution is 2.18. The molecule has 1 aromatic heterocycles. The summed E-state index contributed by atoms with van der Waals surface area (Å²) < 4.78 is 0.615. The van der Waals surface area contributed by atoms with Crippen molar-refractivity contribution in [2.24, 2.45) is 0 Å². The smallest absolute Gasteiger partial charge is 0.183 e. The van der Waals surface area contributed by atoms with Gasteiger partial charge in [-0.1, -0.05) is 11.6 Å². The third-order valence-corrected chi connectivity index (χ3v) is 2.52. The molecule has 0 aliphatic rings. The average Bonchev–Trinajstić information content (AvgIpc) is 2.31. The topological polar surface area (TPSA) is 12.9 Å². The van der Waals surface area contributed by atoms with E-state index in [4.69, 9.17) is 23.2 Å². The number of halogens is 2. The van der Waals surface area contributed by atoms with E-state index in [1.807, 2.05) is 0 Å². The summed E-state index contributed by atoms with van der Waals surface area (Å²) in [5, 5.41) is 0. The zero-order valence-electron chi connectivity index (χ0n) is 5.31. The van der Waals surface area contributed by atoms with Crippen LogP contribution in [0.1, 0.15) is 11.3 Å². The fourth-order valence-electron chi connectivity index (χ4n) is 0.640. The summed E-state index contributed by atoms with van der Waals surface area (Å²) >= 11 is 12.6. The second kappa shape index (κ2) is 4.16. The zero-order valence-corrected chi connectivity index (χ0v) is 7.64. The Balaban J connectivity index is 2.42. The Morgan fingerprint density at radius 1 is 1.60 bits per heavy atom. The van der Waals surface area contributed by atoms with Crippen molar-refractivity contribution in [1.82, 2.24) is 4.98 Å². The lowest BCUT2D eigenvalue weighted by molar-refractivity contribution is 0.943. The third-order valence-electron chi connectivity index (χ3n) is 1.08. The first-order chi connectivity index (χ1) is 4.83. The van der Waals surface area contributed by atoms with Crippen molar-refractivity contribution >= 4 is 34.5 Å². The van der Waals surface area contributed by atoms with E-state index in [1.165, 1.54) is 16.2 Å². The largest absolute Gasteiger partial charge is 0.233 e. The van der Waals surface area contributed by atoms with Gasteiger partial charge in [0.2, 0.25) is 0 Å². The predicted molar refractivity (Wildman–Crippen MR) is 46.2 cm³/mol. The second-order valence-electron chi connectivity index (χ2n) is 1.87. The Morgan fingerprint density at radius 3 is 2.90 bits per heavy atom. The van der Waals surface area contributed by atoms with Crippen LogP contribution >= 0.6 is 34.5 Å². The Hall–Kier alpha value is 0.210. The molecule has 1 rings (SSSR count). The summed E-state index contributed by atoms with van der Waals surface area (Å²) in [7, 11) is 0.